The lowest BCUT2D eigenvalue weighted by Gasteiger charge is -2.39. The minimum Gasteiger partial charge on any atom is -0.477 e. The molecule has 2 heterocycles. The summed E-state index contributed by atoms with van der Waals surface area (Å²) in [6.45, 7) is 8.28. The zero-order valence-corrected chi connectivity index (χ0v) is 24.1. The molecule has 0 radical (unpaired) electrons. The normalized spacial score (nSPS) is 23.7. The van der Waals surface area contributed by atoms with Gasteiger partial charge in [0.2, 0.25) is 11.8 Å². The fourth-order valence-corrected chi connectivity index (χ4v) is 6.12. The summed E-state index contributed by atoms with van der Waals surface area (Å²) in [6, 6.07) is 1.70. The van der Waals surface area contributed by atoms with Crippen molar-refractivity contribution in [1.29, 1.82) is 0 Å². The maximum atomic E-state index is 14.0. The summed E-state index contributed by atoms with van der Waals surface area (Å²) in [7, 11) is 0. The molecule has 0 aliphatic heterocycles. The number of anilines is 1. The predicted molar refractivity (Wildman–Crippen MR) is 150 cm³/mol. The highest BCUT2D eigenvalue weighted by molar-refractivity contribution is 7.15. The Hall–Kier alpha value is -2.63. The number of carboxylic acids is 1. The molecule has 38 heavy (non-hydrogen) atoms. The van der Waals surface area contributed by atoms with E-state index in [4.69, 9.17) is 16.3 Å². The van der Waals surface area contributed by atoms with Crippen molar-refractivity contribution in [2.75, 3.05) is 4.90 Å². The van der Waals surface area contributed by atoms with Crippen LogP contribution in [-0.4, -0.2) is 39.1 Å². The molecule has 2 aromatic rings. The van der Waals surface area contributed by atoms with Crippen molar-refractivity contribution in [2.45, 2.75) is 91.2 Å². The number of hydrogen-bond acceptors (Lipinski definition) is 6. The third-order valence-electron chi connectivity index (χ3n) is 7.22. The molecule has 2 aromatic heterocycles. The van der Waals surface area contributed by atoms with Crippen LogP contribution >= 0.6 is 22.9 Å². The lowest BCUT2D eigenvalue weighted by Crippen LogP contribution is -2.47. The number of aromatic nitrogens is 2. The molecule has 4 rings (SSSR count). The molecule has 2 fully saturated rings. The number of amides is 1. The number of halogens is 1. The standard InChI is InChI=1S/C29H36ClN3O4S/c1-18-5-7-19(8-6-18)27(34)33(23-15-22(13-14-29(2,3)4)38-26(23)28(35)36)20-9-11-21(12-10-20)37-25-17-31-24(30)16-32-25/h15-21H,5-12H2,1-4H3,(H,35,36). The number of carboxylic acid groups (broad SMARTS) is 1. The van der Waals surface area contributed by atoms with Crippen molar-refractivity contribution in [3.63, 3.8) is 0 Å². The number of carbonyl (C=O) groups excluding carboxylic acids is 1. The smallest absolute Gasteiger partial charge is 0.348 e. The largest absolute Gasteiger partial charge is 0.477 e. The number of rotatable bonds is 6. The van der Waals surface area contributed by atoms with E-state index in [1.165, 1.54) is 12.4 Å². The second-order valence-electron chi connectivity index (χ2n) is 11.5. The van der Waals surface area contributed by atoms with Crippen LogP contribution in [-0.2, 0) is 4.79 Å². The van der Waals surface area contributed by atoms with Crippen LogP contribution in [0.1, 0.15) is 93.6 Å². The highest BCUT2D eigenvalue weighted by atomic mass is 35.5. The number of aromatic carboxylic acids is 1. The zero-order valence-electron chi connectivity index (χ0n) is 22.5. The van der Waals surface area contributed by atoms with Crippen LogP contribution in [0.15, 0.2) is 18.5 Å². The molecule has 7 nitrogen and oxygen atoms in total. The number of ether oxygens (including phenoxy) is 1. The van der Waals surface area contributed by atoms with Gasteiger partial charge in [-0.25, -0.2) is 14.8 Å². The van der Waals surface area contributed by atoms with Crippen LogP contribution in [0.3, 0.4) is 0 Å². The Morgan fingerprint density at radius 1 is 1.08 bits per heavy atom. The van der Waals surface area contributed by atoms with E-state index in [0.717, 1.165) is 49.9 Å². The molecule has 0 saturated heterocycles. The summed E-state index contributed by atoms with van der Waals surface area (Å²) in [5, 5.41) is 10.4. The molecule has 0 atom stereocenters. The van der Waals surface area contributed by atoms with Crippen LogP contribution in [0.5, 0.6) is 5.88 Å². The van der Waals surface area contributed by atoms with Gasteiger partial charge in [0, 0.05) is 17.4 Å². The van der Waals surface area contributed by atoms with Gasteiger partial charge in [-0.3, -0.25) is 4.79 Å². The summed E-state index contributed by atoms with van der Waals surface area (Å²) in [6.07, 6.45) is 9.50. The van der Waals surface area contributed by atoms with Gasteiger partial charge in [0.25, 0.3) is 0 Å². The Morgan fingerprint density at radius 2 is 1.76 bits per heavy atom. The van der Waals surface area contributed by atoms with Gasteiger partial charge in [0.05, 0.1) is 23.0 Å². The maximum absolute atomic E-state index is 14.0. The number of hydrogen-bond donors (Lipinski definition) is 1. The first-order valence-corrected chi connectivity index (χ1v) is 14.6. The van der Waals surface area contributed by atoms with Gasteiger partial charge in [-0.1, -0.05) is 30.4 Å². The minimum absolute atomic E-state index is 0.0421. The number of thiophene rings is 1. The van der Waals surface area contributed by atoms with Gasteiger partial charge >= 0.3 is 5.97 Å². The predicted octanol–water partition coefficient (Wildman–Crippen LogP) is 6.84. The lowest BCUT2D eigenvalue weighted by atomic mass is 9.81. The molecule has 0 aromatic carbocycles. The number of carbonyl (C=O) groups is 2. The molecule has 204 valence electrons. The van der Waals surface area contributed by atoms with Gasteiger partial charge in [0.15, 0.2) is 0 Å². The monoisotopic (exact) mass is 557 g/mol. The topological polar surface area (TPSA) is 92.6 Å². The lowest BCUT2D eigenvalue weighted by molar-refractivity contribution is -0.124. The average Bonchev–Trinajstić information content (AvgIpc) is 3.30. The molecular weight excluding hydrogens is 522 g/mol. The van der Waals surface area contributed by atoms with Crippen molar-refractivity contribution >= 4 is 40.5 Å². The van der Waals surface area contributed by atoms with Crippen molar-refractivity contribution in [1.82, 2.24) is 9.97 Å². The van der Waals surface area contributed by atoms with Crippen LogP contribution in [0.4, 0.5) is 5.69 Å². The summed E-state index contributed by atoms with van der Waals surface area (Å²) in [5.74, 6) is 6.31. The van der Waals surface area contributed by atoms with Crippen molar-refractivity contribution < 1.29 is 19.4 Å². The Balaban J connectivity index is 1.60. The third-order valence-corrected chi connectivity index (χ3v) is 8.45. The highest BCUT2D eigenvalue weighted by Gasteiger charge is 2.38. The van der Waals surface area contributed by atoms with Crippen molar-refractivity contribution in [3.8, 4) is 17.7 Å². The van der Waals surface area contributed by atoms with E-state index in [2.05, 4.69) is 28.7 Å². The average molecular weight is 558 g/mol. The van der Waals surface area contributed by atoms with Gasteiger partial charge in [0.1, 0.15) is 16.1 Å². The summed E-state index contributed by atoms with van der Waals surface area (Å²) in [4.78, 5) is 37.2. The van der Waals surface area contributed by atoms with Crippen LogP contribution in [0.2, 0.25) is 5.15 Å². The quantitative estimate of drug-likeness (QED) is 0.391. The fourth-order valence-electron chi connectivity index (χ4n) is 5.18. The Labute approximate surface area is 234 Å². The van der Waals surface area contributed by atoms with Crippen LogP contribution in [0.25, 0.3) is 0 Å². The van der Waals surface area contributed by atoms with Gasteiger partial charge < -0.3 is 14.7 Å². The second kappa shape index (κ2) is 12.0. The Morgan fingerprint density at radius 3 is 2.34 bits per heavy atom. The van der Waals surface area contributed by atoms with E-state index >= 15 is 0 Å². The molecular formula is C29H36ClN3O4S. The Kier molecular flexibility index (Phi) is 9.00. The molecule has 9 heteroatoms. The van der Waals surface area contributed by atoms with Crippen LogP contribution in [0, 0.1) is 29.1 Å². The SMILES string of the molecule is CC1CCC(C(=O)N(c2cc(C#CC(C)(C)C)sc2C(=O)O)C2CCC(Oc3cnc(Cl)cn3)CC2)CC1. The van der Waals surface area contributed by atoms with E-state index in [0.29, 0.717) is 40.4 Å². The molecule has 2 saturated carbocycles. The maximum Gasteiger partial charge on any atom is 0.348 e. The van der Waals surface area contributed by atoms with Crippen molar-refractivity contribution in [3.05, 3.63) is 33.4 Å². The molecule has 1 N–H and O–H groups in total. The van der Waals surface area contributed by atoms with E-state index in [1.807, 2.05) is 26.8 Å². The molecule has 0 spiro atoms. The van der Waals surface area contributed by atoms with Crippen molar-refractivity contribution in [2.24, 2.45) is 17.3 Å². The van der Waals surface area contributed by atoms with E-state index in [9.17, 15) is 14.7 Å². The van der Waals surface area contributed by atoms with Crippen LogP contribution < -0.4 is 9.64 Å². The molecule has 2 aliphatic carbocycles. The zero-order chi connectivity index (χ0) is 27.4. The summed E-state index contributed by atoms with van der Waals surface area (Å²) in [5.41, 5.74) is 0.270. The summed E-state index contributed by atoms with van der Waals surface area (Å²) < 4.78 is 6.02. The fraction of sp³-hybridized carbons (Fsp3) is 0.586. The van der Waals surface area contributed by atoms with E-state index in [-0.39, 0.29) is 34.3 Å². The first-order chi connectivity index (χ1) is 18.0. The number of nitrogens with zero attached hydrogens (tertiary/aromatic N) is 3. The highest BCUT2D eigenvalue weighted by Crippen LogP contribution is 2.39. The first-order valence-electron chi connectivity index (χ1n) is 13.4. The molecule has 0 bridgehead atoms. The Bertz CT molecular complexity index is 1200. The van der Waals surface area contributed by atoms with Gasteiger partial charge in [-0.2, -0.15) is 0 Å². The van der Waals surface area contributed by atoms with E-state index < -0.39 is 5.97 Å². The third kappa shape index (κ3) is 7.27. The second-order valence-corrected chi connectivity index (χ2v) is 13.0. The first kappa shape index (κ1) is 28.4. The molecule has 0 unspecified atom stereocenters. The molecule has 2 aliphatic rings. The van der Waals surface area contributed by atoms with E-state index in [1.54, 1.807) is 4.90 Å². The van der Waals surface area contributed by atoms with Gasteiger partial charge in [-0.05, 0) is 84.1 Å². The minimum atomic E-state index is -1.03. The molecule has 1 amide bonds. The summed E-state index contributed by atoms with van der Waals surface area (Å²) >= 11 is 6.98. The van der Waals surface area contributed by atoms with Gasteiger partial charge in [-0.15, -0.1) is 11.3 Å².